The molecule has 2 fully saturated rings. The first-order chi connectivity index (χ1) is 14.2. The molecule has 0 aromatic carbocycles. The minimum absolute atomic E-state index is 0. The molecule has 35 heavy (non-hydrogen) atoms. The zero-order valence-electron chi connectivity index (χ0n) is 20.0. The van der Waals surface area contributed by atoms with E-state index in [9.17, 15) is 50.4 Å². The largest absolute Gasteiger partial charge is 0 e. The predicted molar refractivity (Wildman–Crippen MR) is 115 cm³/mol. The van der Waals surface area contributed by atoms with Crippen LogP contribution in [0.3, 0.4) is 0 Å². The molecule has 213 valence electrons. The Labute approximate surface area is 213 Å². The number of nitrogens with zero attached hydrogens (tertiary/aromatic N) is 1. The summed E-state index contributed by atoms with van der Waals surface area (Å²) in [6.07, 6.45) is 8.48. The van der Waals surface area contributed by atoms with E-state index in [-0.39, 0.29) is 20.1 Å². The third-order valence-corrected chi connectivity index (χ3v) is 4.36. The quantitative estimate of drug-likeness (QED) is 0.132. The van der Waals surface area contributed by atoms with Gasteiger partial charge in [-0.25, -0.2) is 4.58 Å². The number of halogens is 12. The molecule has 2 aliphatic rings. The van der Waals surface area contributed by atoms with Gasteiger partial charge in [-0.3, -0.25) is 0 Å². The first kappa shape index (κ1) is 39.8. The number of hydrogen-bond acceptors (Lipinski definition) is 0. The van der Waals surface area contributed by atoms with Crippen molar-refractivity contribution in [3.05, 3.63) is 61.2 Å². The molecule has 0 unspecified atom stereocenters. The average Bonchev–Trinajstić information content (AvgIpc) is 2.68. The van der Waals surface area contributed by atoms with E-state index < -0.39 is 15.6 Å². The smallest absolute Gasteiger partial charge is 0 e. The van der Waals surface area contributed by atoms with Crippen LogP contribution in [-0.2, 0) is 20.1 Å². The van der Waals surface area contributed by atoms with E-state index in [1.54, 1.807) is 0 Å². The average molecular weight is 753 g/mol. The van der Waals surface area contributed by atoms with Gasteiger partial charge in [0.15, 0.2) is 5.71 Å². The molecule has 0 saturated heterocycles. The Morgan fingerprint density at radius 2 is 0.629 bits per heavy atom. The predicted octanol–water partition coefficient (Wildman–Crippen LogP) is 10.9. The number of rotatable bonds is 0. The van der Waals surface area contributed by atoms with Crippen LogP contribution in [0, 0.1) is 61.2 Å². The zero-order valence-corrected chi connectivity index (χ0v) is 24.2. The van der Waals surface area contributed by atoms with Crippen molar-refractivity contribution in [3.63, 3.8) is 0 Å². The SMILES string of the molecule is C[C]1[CH][CH]C(=[N+](C)C)[CH][CH]1.C[C]1[C](C)[C](C)[C](C)[C]1C.F[P-](F)(F)(F)(F)F.F[P-](F)(F)(F)(F)F.[Ir]. The van der Waals surface area contributed by atoms with Gasteiger partial charge in [0.1, 0.15) is 14.1 Å². The summed E-state index contributed by atoms with van der Waals surface area (Å²) < 4.78 is 120. The van der Waals surface area contributed by atoms with Crippen LogP contribution in [0.15, 0.2) is 0 Å². The zero-order chi connectivity index (χ0) is 28.3. The van der Waals surface area contributed by atoms with Crippen molar-refractivity contribution < 1.29 is 75.0 Å². The fourth-order valence-corrected chi connectivity index (χ4v) is 2.25. The second-order valence-corrected chi connectivity index (χ2v) is 11.6. The Morgan fingerprint density at radius 1 is 0.457 bits per heavy atom. The number of hydrogen-bond donors (Lipinski definition) is 0. The first-order valence-electron chi connectivity index (χ1n) is 9.22. The van der Waals surface area contributed by atoms with Gasteiger partial charge in [-0.1, -0.05) is 41.5 Å². The summed E-state index contributed by atoms with van der Waals surface area (Å²) in [4.78, 5) is 0. The Bertz CT molecular complexity index is 593. The molecule has 0 spiro atoms. The molecular weight excluding hydrogens is 724 g/mol. The summed E-state index contributed by atoms with van der Waals surface area (Å²) in [6.45, 7) is 13.1. The molecule has 1 nitrogen and oxygen atoms in total. The molecule has 0 atom stereocenters. The van der Waals surface area contributed by atoms with Crippen LogP contribution in [0.5, 0.6) is 0 Å². The third kappa shape index (κ3) is 30.5. The van der Waals surface area contributed by atoms with Crippen molar-refractivity contribution in [1.29, 1.82) is 0 Å². The molecular formula is C19H28F12IrNP2-. The molecule has 0 amide bonds. The van der Waals surface area contributed by atoms with Gasteiger partial charge in [0.05, 0.1) is 12.8 Å². The Balaban J connectivity index is -0.000000393. The molecule has 0 N–H and O–H groups in total. The van der Waals surface area contributed by atoms with E-state index in [1.165, 1.54) is 41.2 Å². The molecule has 0 bridgehead atoms. The van der Waals surface area contributed by atoms with Gasteiger partial charge in [0.25, 0.3) is 0 Å². The Kier molecular flexibility index (Phi) is 12.8. The molecule has 0 aromatic rings. The summed E-state index contributed by atoms with van der Waals surface area (Å²) in [5.41, 5.74) is 1.26. The van der Waals surface area contributed by atoms with Crippen LogP contribution in [0.1, 0.15) is 41.5 Å². The minimum Gasteiger partial charge on any atom is 0 e. The van der Waals surface area contributed by atoms with Gasteiger partial charge in [-0.15, -0.1) is 0 Å². The van der Waals surface area contributed by atoms with Crippen LogP contribution in [0.4, 0.5) is 50.4 Å². The first-order valence-corrected chi connectivity index (χ1v) is 13.3. The minimum atomic E-state index is -10.7. The van der Waals surface area contributed by atoms with Crippen molar-refractivity contribution in [2.75, 3.05) is 14.1 Å². The van der Waals surface area contributed by atoms with Crippen molar-refractivity contribution in [2.45, 2.75) is 41.5 Å². The molecule has 0 heterocycles. The Morgan fingerprint density at radius 3 is 0.771 bits per heavy atom. The maximum absolute atomic E-state index is 10.7. The van der Waals surface area contributed by atoms with E-state index in [0.29, 0.717) is 0 Å². The molecule has 0 aromatic heterocycles. The molecule has 11 radical (unpaired) electrons. The van der Waals surface area contributed by atoms with Crippen molar-refractivity contribution >= 4 is 21.3 Å². The van der Waals surface area contributed by atoms with Crippen LogP contribution in [-0.4, -0.2) is 24.4 Å². The van der Waals surface area contributed by atoms with Gasteiger partial charge in [0, 0.05) is 20.1 Å². The molecule has 2 saturated carbocycles. The van der Waals surface area contributed by atoms with E-state index in [2.05, 4.69) is 71.8 Å². The summed E-state index contributed by atoms with van der Waals surface area (Å²) >= 11 is 0. The van der Waals surface area contributed by atoms with E-state index in [1.807, 2.05) is 14.1 Å². The third-order valence-electron chi connectivity index (χ3n) is 4.36. The fraction of sp³-hybridized carbons (Fsp3) is 0.421. The molecule has 0 aliphatic heterocycles. The normalized spacial score (nSPS) is 23.5. The summed E-state index contributed by atoms with van der Waals surface area (Å²) in [6, 6.07) is 0. The van der Waals surface area contributed by atoms with Gasteiger partial charge in [-0.05, 0) is 48.3 Å². The topological polar surface area (TPSA) is 3.01 Å². The summed E-state index contributed by atoms with van der Waals surface area (Å²) in [5, 5.41) is 0. The summed E-state index contributed by atoms with van der Waals surface area (Å²) in [7, 11) is -17.2. The van der Waals surface area contributed by atoms with Crippen LogP contribution < -0.4 is 0 Å². The van der Waals surface area contributed by atoms with Crippen LogP contribution in [0.2, 0.25) is 0 Å². The van der Waals surface area contributed by atoms with E-state index in [4.69, 9.17) is 0 Å². The van der Waals surface area contributed by atoms with Gasteiger partial charge in [-0.2, -0.15) is 0 Å². The Hall–Kier alpha value is 0.339. The van der Waals surface area contributed by atoms with E-state index in [0.717, 1.165) is 0 Å². The molecule has 16 heteroatoms. The molecule has 2 aliphatic carbocycles. The van der Waals surface area contributed by atoms with Crippen molar-refractivity contribution in [3.8, 4) is 0 Å². The van der Waals surface area contributed by atoms with Crippen LogP contribution in [0.25, 0.3) is 0 Å². The van der Waals surface area contributed by atoms with Gasteiger partial charge >= 0.3 is 66.0 Å². The van der Waals surface area contributed by atoms with Gasteiger partial charge < -0.3 is 0 Å². The second-order valence-electron chi connectivity index (χ2n) is 7.77. The molecule has 2 rings (SSSR count). The van der Waals surface area contributed by atoms with E-state index >= 15 is 0 Å². The maximum Gasteiger partial charge on any atom is 0 e. The second kappa shape index (κ2) is 11.2. The van der Waals surface area contributed by atoms with Crippen molar-refractivity contribution in [2.24, 2.45) is 0 Å². The fourth-order valence-electron chi connectivity index (χ4n) is 2.25. The van der Waals surface area contributed by atoms with Gasteiger partial charge in [0.2, 0.25) is 0 Å². The monoisotopic (exact) mass is 753 g/mol. The maximum atomic E-state index is 9.87. The van der Waals surface area contributed by atoms with Crippen molar-refractivity contribution in [1.82, 2.24) is 0 Å². The standard InChI is InChI=1S/C10H15.C9H13N.2F6P.Ir/c1-6-7(2)9(4)10(5)8(6)3;1-8-4-6-9(7-5-8)10(2)3;2*1-7(2,3,4,5)6;/h1-5H3;4-7H,1-3H3;;;/q;+1;2*-1;. The van der Waals surface area contributed by atoms with Crippen LogP contribution >= 0.6 is 15.6 Å². The summed E-state index contributed by atoms with van der Waals surface area (Å²) in [5.74, 6) is 8.65.